The molecule has 0 bridgehead atoms. The highest BCUT2D eigenvalue weighted by Gasteiger charge is 2.15. The van der Waals surface area contributed by atoms with Crippen LogP contribution in [-0.2, 0) is 0 Å². The van der Waals surface area contributed by atoms with Crippen LogP contribution in [0.2, 0.25) is 0 Å². The van der Waals surface area contributed by atoms with Gasteiger partial charge < -0.3 is 15.4 Å². The molecule has 2 heterocycles. The van der Waals surface area contributed by atoms with Crippen LogP contribution < -0.4 is 15.4 Å². The Labute approximate surface area is 186 Å². The van der Waals surface area contributed by atoms with Crippen LogP contribution in [0.4, 0.5) is 15.1 Å². The van der Waals surface area contributed by atoms with E-state index in [2.05, 4.69) is 25.8 Å². The largest absolute Gasteiger partial charge is 0.497 e. The summed E-state index contributed by atoms with van der Waals surface area (Å²) in [7, 11) is 1.56. The maximum atomic E-state index is 14.4. The third-order valence-electron chi connectivity index (χ3n) is 4.63. The van der Waals surface area contributed by atoms with Crippen molar-refractivity contribution in [3.05, 3.63) is 76.7 Å². The molecule has 0 saturated carbocycles. The Bertz CT molecular complexity index is 1290. The zero-order valence-electron chi connectivity index (χ0n) is 17.1. The summed E-state index contributed by atoms with van der Waals surface area (Å²) in [6.07, 6.45) is 1.35. The molecule has 0 atom stereocenters. The third-order valence-corrected chi connectivity index (χ3v) is 5.63. The van der Waals surface area contributed by atoms with Crippen molar-refractivity contribution >= 4 is 33.8 Å². The molecular weight excluding hydrogens is 433 g/mol. The number of anilines is 2. The van der Waals surface area contributed by atoms with Gasteiger partial charge in [0.05, 0.1) is 22.6 Å². The van der Waals surface area contributed by atoms with Gasteiger partial charge in [-0.2, -0.15) is 5.10 Å². The molecule has 0 saturated heterocycles. The van der Waals surface area contributed by atoms with Crippen molar-refractivity contribution in [2.75, 3.05) is 17.7 Å². The first-order valence-corrected chi connectivity index (χ1v) is 10.3. The van der Waals surface area contributed by atoms with Gasteiger partial charge in [0.2, 0.25) is 0 Å². The summed E-state index contributed by atoms with van der Waals surface area (Å²) in [6.45, 7) is 1.82. The zero-order valence-corrected chi connectivity index (χ0v) is 17.9. The first-order chi connectivity index (χ1) is 15.4. The Balaban J connectivity index is 1.43. The van der Waals surface area contributed by atoms with Crippen LogP contribution >= 0.6 is 11.3 Å². The number of H-pyrrole nitrogens is 1. The molecule has 0 aliphatic rings. The number of nitrogens with one attached hydrogen (secondary N) is 3. The maximum Gasteiger partial charge on any atom is 0.265 e. The molecule has 8 nitrogen and oxygen atoms in total. The lowest BCUT2D eigenvalue weighted by Gasteiger charge is -2.08. The fourth-order valence-corrected chi connectivity index (χ4v) is 3.83. The van der Waals surface area contributed by atoms with Gasteiger partial charge in [-0.25, -0.2) is 9.37 Å². The van der Waals surface area contributed by atoms with Gasteiger partial charge >= 0.3 is 0 Å². The van der Waals surface area contributed by atoms with Gasteiger partial charge in [0, 0.05) is 11.3 Å². The molecular formula is C22H18FN5O3S. The van der Waals surface area contributed by atoms with Gasteiger partial charge in [0.25, 0.3) is 11.8 Å². The molecule has 2 aromatic heterocycles. The Hall–Kier alpha value is -4.05. The second kappa shape index (κ2) is 8.98. The van der Waals surface area contributed by atoms with E-state index >= 15 is 0 Å². The number of aryl methyl sites for hydroxylation is 1. The van der Waals surface area contributed by atoms with E-state index in [0.29, 0.717) is 26.9 Å². The summed E-state index contributed by atoms with van der Waals surface area (Å²) in [6, 6.07) is 12.7. The SMILES string of the molecule is COc1ccc(C(=O)Nc2ccc(C(=O)Nc3ccc(-c4nc[nH]n4)c(F)c3)s2)c(C)c1. The number of nitrogens with zero attached hydrogens (tertiary/aromatic N) is 2. The van der Waals surface area contributed by atoms with Gasteiger partial charge in [-0.15, -0.1) is 11.3 Å². The van der Waals surface area contributed by atoms with E-state index < -0.39 is 11.7 Å². The number of thiophene rings is 1. The van der Waals surface area contributed by atoms with Crippen LogP contribution in [0.15, 0.2) is 54.9 Å². The molecule has 0 radical (unpaired) electrons. The number of carbonyl (C=O) groups excluding carboxylic acids is 2. The summed E-state index contributed by atoms with van der Waals surface area (Å²) in [5.74, 6) is -0.369. The number of halogens is 1. The van der Waals surface area contributed by atoms with Crippen LogP contribution in [-0.4, -0.2) is 34.1 Å². The summed E-state index contributed by atoms with van der Waals surface area (Å²) in [5, 5.41) is 12.3. The number of carbonyl (C=O) groups is 2. The highest BCUT2D eigenvalue weighted by Crippen LogP contribution is 2.26. The molecule has 0 fully saturated rings. The molecule has 4 aromatic rings. The zero-order chi connectivity index (χ0) is 22.7. The van der Waals surface area contributed by atoms with Crippen LogP contribution in [0, 0.1) is 12.7 Å². The lowest BCUT2D eigenvalue weighted by Crippen LogP contribution is -2.12. The molecule has 2 aromatic carbocycles. The number of hydrogen-bond donors (Lipinski definition) is 3. The van der Waals surface area contributed by atoms with Crippen LogP contribution in [0.5, 0.6) is 5.75 Å². The predicted octanol–water partition coefficient (Wildman–Crippen LogP) is 4.49. The molecule has 2 amide bonds. The highest BCUT2D eigenvalue weighted by molar-refractivity contribution is 7.18. The average molecular weight is 451 g/mol. The maximum absolute atomic E-state index is 14.4. The van der Waals surface area contributed by atoms with Gasteiger partial charge in [0.15, 0.2) is 5.82 Å². The number of aromatic nitrogens is 3. The lowest BCUT2D eigenvalue weighted by molar-refractivity contribution is 0.101. The summed E-state index contributed by atoms with van der Waals surface area (Å²) < 4.78 is 19.5. The summed E-state index contributed by atoms with van der Waals surface area (Å²) in [4.78, 5) is 29.4. The topological polar surface area (TPSA) is 109 Å². The molecule has 162 valence electrons. The molecule has 0 spiro atoms. The molecule has 3 N–H and O–H groups in total. The van der Waals surface area contributed by atoms with Crippen molar-refractivity contribution in [1.82, 2.24) is 15.2 Å². The average Bonchev–Trinajstić information content (AvgIpc) is 3.46. The normalized spacial score (nSPS) is 10.6. The number of ether oxygens (including phenoxy) is 1. The Morgan fingerprint density at radius 3 is 2.59 bits per heavy atom. The van der Waals surface area contributed by atoms with Gasteiger partial charge in [-0.1, -0.05) is 0 Å². The second-order valence-corrected chi connectivity index (χ2v) is 7.85. The van der Waals surface area contributed by atoms with Crippen molar-refractivity contribution in [1.29, 1.82) is 0 Å². The highest BCUT2D eigenvalue weighted by atomic mass is 32.1. The minimum Gasteiger partial charge on any atom is -0.497 e. The third kappa shape index (κ3) is 4.49. The van der Waals surface area contributed by atoms with E-state index in [1.165, 1.54) is 18.5 Å². The predicted molar refractivity (Wildman–Crippen MR) is 120 cm³/mol. The summed E-state index contributed by atoms with van der Waals surface area (Å²) >= 11 is 1.12. The fraction of sp³-hybridized carbons (Fsp3) is 0.0909. The van der Waals surface area contributed by atoms with Gasteiger partial charge in [-0.05, 0) is 61.0 Å². The van der Waals surface area contributed by atoms with Crippen LogP contribution in [0.1, 0.15) is 25.6 Å². The number of aromatic amines is 1. The quantitative estimate of drug-likeness (QED) is 0.400. The number of amides is 2. The number of rotatable bonds is 6. The molecule has 32 heavy (non-hydrogen) atoms. The van der Waals surface area contributed by atoms with Crippen LogP contribution in [0.25, 0.3) is 11.4 Å². The standard InChI is InChI=1S/C22H18FN5O3S/c1-12-9-14(31-2)4-6-15(12)21(29)27-19-8-7-18(32-19)22(30)26-13-3-5-16(17(23)10-13)20-24-11-25-28-20/h3-11H,1-2H3,(H,26,30)(H,27,29)(H,24,25,28). The second-order valence-electron chi connectivity index (χ2n) is 6.77. The molecule has 0 aliphatic carbocycles. The van der Waals surface area contributed by atoms with Gasteiger partial charge in [-0.3, -0.25) is 14.7 Å². The van der Waals surface area contributed by atoms with E-state index in [-0.39, 0.29) is 17.3 Å². The van der Waals surface area contributed by atoms with E-state index in [1.807, 2.05) is 6.92 Å². The van der Waals surface area contributed by atoms with Gasteiger partial charge in [0.1, 0.15) is 17.9 Å². The van der Waals surface area contributed by atoms with Crippen molar-refractivity contribution in [2.45, 2.75) is 6.92 Å². The minimum absolute atomic E-state index is 0.221. The first-order valence-electron chi connectivity index (χ1n) is 9.47. The fourth-order valence-electron chi connectivity index (χ4n) is 3.03. The minimum atomic E-state index is -0.559. The molecule has 10 heteroatoms. The Morgan fingerprint density at radius 1 is 1.06 bits per heavy atom. The smallest absolute Gasteiger partial charge is 0.265 e. The molecule has 0 aliphatic heterocycles. The molecule has 4 rings (SSSR count). The molecule has 0 unspecified atom stereocenters. The monoisotopic (exact) mass is 451 g/mol. The van der Waals surface area contributed by atoms with Crippen molar-refractivity contribution in [3.8, 4) is 17.1 Å². The number of benzene rings is 2. The van der Waals surface area contributed by atoms with Crippen molar-refractivity contribution in [3.63, 3.8) is 0 Å². The van der Waals surface area contributed by atoms with E-state index in [1.54, 1.807) is 43.5 Å². The van der Waals surface area contributed by atoms with Crippen molar-refractivity contribution < 1.29 is 18.7 Å². The number of methoxy groups -OCH3 is 1. The lowest BCUT2D eigenvalue weighted by atomic mass is 10.1. The Kier molecular flexibility index (Phi) is 5.95. The van der Waals surface area contributed by atoms with E-state index in [9.17, 15) is 14.0 Å². The van der Waals surface area contributed by atoms with Crippen LogP contribution in [0.3, 0.4) is 0 Å². The Morgan fingerprint density at radius 2 is 1.91 bits per heavy atom. The van der Waals surface area contributed by atoms with E-state index in [0.717, 1.165) is 16.9 Å². The van der Waals surface area contributed by atoms with Crippen molar-refractivity contribution in [2.24, 2.45) is 0 Å². The number of hydrogen-bond acceptors (Lipinski definition) is 6. The van der Waals surface area contributed by atoms with E-state index in [4.69, 9.17) is 4.74 Å². The summed E-state index contributed by atoms with van der Waals surface area (Å²) in [5.41, 5.74) is 1.79. The first kappa shape index (κ1) is 21.2.